The quantitative estimate of drug-likeness (QED) is 0.812. The van der Waals surface area contributed by atoms with E-state index in [9.17, 15) is 9.59 Å². The van der Waals surface area contributed by atoms with Crippen molar-refractivity contribution in [1.82, 2.24) is 4.90 Å². The summed E-state index contributed by atoms with van der Waals surface area (Å²) in [7, 11) is 0. The minimum absolute atomic E-state index is 0.0155. The lowest BCUT2D eigenvalue weighted by Crippen LogP contribution is -2.41. The molecule has 1 fully saturated rings. The third-order valence-corrected chi connectivity index (χ3v) is 4.11. The molecule has 5 heteroatoms. The van der Waals surface area contributed by atoms with Crippen molar-refractivity contribution < 1.29 is 19.1 Å². The van der Waals surface area contributed by atoms with Crippen LogP contribution < -0.4 is 9.47 Å². The predicted molar refractivity (Wildman–Crippen MR) is 93.5 cm³/mol. The number of piperidine rings is 1. The number of hydrogen-bond acceptors (Lipinski definition) is 4. The van der Waals surface area contributed by atoms with Gasteiger partial charge in [0.25, 0.3) is 5.91 Å². The number of likely N-dealkylation sites (tertiary alicyclic amines) is 1. The van der Waals surface area contributed by atoms with Crippen LogP contribution >= 0.6 is 0 Å². The number of hydrogen-bond donors (Lipinski definition) is 0. The van der Waals surface area contributed by atoms with E-state index in [4.69, 9.17) is 9.47 Å². The fourth-order valence-corrected chi connectivity index (χ4v) is 2.61. The highest BCUT2D eigenvalue weighted by molar-refractivity contribution is 5.83. The molecule has 0 N–H and O–H groups in total. The van der Waals surface area contributed by atoms with Gasteiger partial charge in [-0.25, -0.2) is 0 Å². The normalized spacial score (nSPS) is 14.2. The van der Waals surface area contributed by atoms with Crippen LogP contribution in [-0.2, 0) is 16.2 Å². The van der Waals surface area contributed by atoms with Gasteiger partial charge in [0.15, 0.2) is 6.61 Å². The summed E-state index contributed by atoms with van der Waals surface area (Å²) in [6, 6.07) is 17.2. The molecule has 3 rings (SSSR count). The van der Waals surface area contributed by atoms with E-state index in [1.54, 1.807) is 17.0 Å². The SMILES string of the molecule is O=C1CCN(C(=O)COc2ccc(OCc3ccccc3)cc2)CC1. The monoisotopic (exact) mass is 339 g/mol. The molecule has 2 aromatic carbocycles. The van der Waals surface area contributed by atoms with Gasteiger partial charge in [0.05, 0.1) is 0 Å². The molecular weight excluding hydrogens is 318 g/mol. The lowest BCUT2D eigenvalue weighted by Gasteiger charge is -2.25. The van der Waals surface area contributed by atoms with Crippen LogP contribution in [0, 0.1) is 0 Å². The summed E-state index contributed by atoms with van der Waals surface area (Å²) in [4.78, 5) is 25.0. The van der Waals surface area contributed by atoms with Gasteiger partial charge in [-0.1, -0.05) is 30.3 Å². The number of carbonyl (C=O) groups excluding carboxylic acids is 2. The maximum Gasteiger partial charge on any atom is 0.260 e. The molecule has 1 saturated heterocycles. The van der Waals surface area contributed by atoms with Crippen LogP contribution in [0.4, 0.5) is 0 Å². The van der Waals surface area contributed by atoms with Crippen LogP contribution in [0.5, 0.6) is 11.5 Å². The van der Waals surface area contributed by atoms with Crippen LogP contribution in [0.15, 0.2) is 54.6 Å². The first-order chi connectivity index (χ1) is 12.2. The Morgan fingerprint density at radius 2 is 1.48 bits per heavy atom. The zero-order valence-corrected chi connectivity index (χ0v) is 14.0. The second-order valence-corrected chi connectivity index (χ2v) is 5.95. The minimum atomic E-state index is -0.0862. The number of Topliss-reactive ketones (excluding diaryl/α,β-unsaturated/α-hetero) is 1. The number of benzene rings is 2. The number of ketones is 1. The molecule has 0 saturated carbocycles. The Bertz CT molecular complexity index is 702. The molecule has 1 aliphatic rings. The first kappa shape index (κ1) is 17.0. The van der Waals surface area contributed by atoms with E-state index in [1.807, 2.05) is 42.5 Å². The largest absolute Gasteiger partial charge is 0.489 e. The molecule has 2 aromatic rings. The van der Waals surface area contributed by atoms with Gasteiger partial charge in [-0.3, -0.25) is 9.59 Å². The van der Waals surface area contributed by atoms with Gasteiger partial charge in [0, 0.05) is 25.9 Å². The number of amides is 1. The average molecular weight is 339 g/mol. The first-order valence-electron chi connectivity index (χ1n) is 8.40. The molecule has 1 amide bonds. The summed E-state index contributed by atoms with van der Waals surface area (Å²) in [5.74, 6) is 1.50. The Balaban J connectivity index is 1.44. The van der Waals surface area contributed by atoms with Crippen molar-refractivity contribution in [3.63, 3.8) is 0 Å². The van der Waals surface area contributed by atoms with Crippen molar-refractivity contribution in [1.29, 1.82) is 0 Å². The van der Waals surface area contributed by atoms with Crippen LogP contribution in [-0.4, -0.2) is 36.3 Å². The molecular formula is C20H21NO4. The molecule has 0 unspecified atom stereocenters. The number of nitrogens with zero attached hydrogens (tertiary/aromatic N) is 1. The fourth-order valence-electron chi connectivity index (χ4n) is 2.61. The fraction of sp³-hybridized carbons (Fsp3) is 0.300. The van der Waals surface area contributed by atoms with E-state index in [-0.39, 0.29) is 18.3 Å². The Labute approximate surface area is 147 Å². The summed E-state index contributed by atoms with van der Waals surface area (Å²) in [5.41, 5.74) is 1.11. The summed E-state index contributed by atoms with van der Waals surface area (Å²) >= 11 is 0. The molecule has 1 aliphatic heterocycles. The second-order valence-electron chi connectivity index (χ2n) is 5.95. The van der Waals surface area contributed by atoms with E-state index < -0.39 is 0 Å². The van der Waals surface area contributed by atoms with Crippen LogP contribution in [0.1, 0.15) is 18.4 Å². The highest BCUT2D eigenvalue weighted by atomic mass is 16.5. The van der Waals surface area contributed by atoms with Crippen molar-refractivity contribution in [2.75, 3.05) is 19.7 Å². The maximum absolute atomic E-state index is 12.1. The molecule has 0 radical (unpaired) electrons. The highest BCUT2D eigenvalue weighted by Crippen LogP contribution is 2.19. The van der Waals surface area contributed by atoms with Gasteiger partial charge in [-0.2, -0.15) is 0 Å². The first-order valence-corrected chi connectivity index (χ1v) is 8.40. The number of rotatable bonds is 6. The van der Waals surface area contributed by atoms with E-state index in [0.29, 0.717) is 38.3 Å². The van der Waals surface area contributed by atoms with Gasteiger partial charge in [-0.05, 0) is 29.8 Å². The van der Waals surface area contributed by atoms with Crippen LogP contribution in [0.2, 0.25) is 0 Å². The zero-order chi connectivity index (χ0) is 17.5. The summed E-state index contributed by atoms with van der Waals surface area (Å²) in [6.45, 7) is 1.48. The predicted octanol–water partition coefficient (Wildman–Crippen LogP) is 2.84. The van der Waals surface area contributed by atoms with Gasteiger partial charge in [0.1, 0.15) is 23.9 Å². The Morgan fingerprint density at radius 1 is 0.880 bits per heavy atom. The molecule has 5 nitrogen and oxygen atoms in total. The summed E-state index contributed by atoms with van der Waals surface area (Å²) < 4.78 is 11.2. The number of carbonyl (C=O) groups is 2. The molecule has 1 heterocycles. The smallest absolute Gasteiger partial charge is 0.260 e. The Kier molecular flexibility index (Phi) is 5.67. The third kappa shape index (κ3) is 5.08. The summed E-state index contributed by atoms with van der Waals surface area (Å²) in [6.07, 6.45) is 0.887. The lowest BCUT2D eigenvalue weighted by atomic mass is 10.1. The van der Waals surface area contributed by atoms with Crippen LogP contribution in [0.3, 0.4) is 0 Å². The molecule has 25 heavy (non-hydrogen) atoms. The van der Waals surface area contributed by atoms with E-state index in [1.165, 1.54) is 0 Å². The van der Waals surface area contributed by atoms with Crippen LogP contribution in [0.25, 0.3) is 0 Å². The van der Waals surface area contributed by atoms with Gasteiger partial charge in [0.2, 0.25) is 0 Å². The van der Waals surface area contributed by atoms with Crippen molar-refractivity contribution in [2.24, 2.45) is 0 Å². The second kappa shape index (κ2) is 8.33. The minimum Gasteiger partial charge on any atom is -0.489 e. The summed E-state index contributed by atoms with van der Waals surface area (Å²) in [5, 5.41) is 0. The van der Waals surface area contributed by atoms with Gasteiger partial charge >= 0.3 is 0 Å². The van der Waals surface area contributed by atoms with E-state index >= 15 is 0 Å². The van der Waals surface area contributed by atoms with Crippen molar-refractivity contribution in [3.05, 3.63) is 60.2 Å². The highest BCUT2D eigenvalue weighted by Gasteiger charge is 2.20. The van der Waals surface area contributed by atoms with Gasteiger partial charge in [-0.15, -0.1) is 0 Å². The van der Waals surface area contributed by atoms with E-state index in [2.05, 4.69) is 0 Å². The van der Waals surface area contributed by atoms with E-state index in [0.717, 1.165) is 11.3 Å². The Hall–Kier alpha value is -2.82. The zero-order valence-electron chi connectivity index (χ0n) is 14.0. The Morgan fingerprint density at radius 3 is 2.12 bits per heavy atom. The molecule has 0 aromatic heterocycles. The number of ether oxygens (including phenoxy) is 2. The average Bonchev–Trinajstić information content (AvgIpc) is 2.67. The molecule has 0 bridgehead atoms. The van der Waals surface area contributed by atoms with Crippen molar-refractivity contribution >= 4 is 11.7 Å². The molecule has 0 spiro atoms. The standard InChI is InChI=1S/C20H21NO4/c22-17-10-12-21(13-11-17)20(23)15-25-19-8-6-18(7-9-19)24-14-16-4-2-1-3-5-16/h1-9H,10-15H2. The maximum atomic E-state index is 12.1. The molecule has 0 aliphatic carbocycles. The third-order valence-electron chi connectivity index (χ3n) is 4.11. The topological polar surface area (TPSA) is 55.8 Å². The van der Waals surface area contributed by atoms with Crippen molar-refractivity contribution in [2.45, 2.75) is 19.4 Å². The lowest BCUT2D eigenvalue weighted by molar-refractivity contribution is -0.136. The molecule has 130 valence electrons. The molecule has 0 atom stereocenters. The van der Waals surface area contributed by atoms with Gasteiger partial charge < -0.3 is 14.4 Å². The van der Waals surface area contributed by atoms with Crippen molar-refractivity contribution in [3.8, 4) is 11.5 Å².